The van der Waals surface area contributed by atoms with Crippen LogP contribution >= 0.6 is 0 Å². The molecule has 4 heteroatoms. The predicted molar refractivity (Wildman–Crippen MR) is 107 cm³/mol. The summed E-state index contributed by atoms with van der Waals surface area (Å²) in [5.41, 5.74) is 6.51. The van der Waals surface area contributed by atoms with Crippen LogP contribution in [-0.4, -0.2) is 28.9 Å². The van der Waals surface area contributed by atoms with Gasteiger partial charge < -0.3 is 4.90 Å². The van der Waals surface area contributed by atoms with E-state index in [1.54, 1.807) is 0 Å². The van der Waals surface area contributed by atoms with Gasteiger partial charge in [0.15, 0.2) is 5.82 Å². The molecule has 134 valence electrons. The summed E-state index contributed by atoms with van der Waals surface area (Å²) < 4.78 is 2.04. The second kappa shape index (κ2) is 6.27. The Labute approximate surface area is 155 Å². The van der Waals surface area contributed by atoms with Crippen LogP contribution in [0.15, 0.2) is 48.7 Å². The smallest absolute Gasteiger partial charge is 0.153 e. The number of nitrogens with zero attached hydrogens (tertiary/aromatic N) is 4. The Hall–Kier alpha value is -2.62. The van der Waals surface area contributed by atoms with Gasteiger partial charge in [-0.1, -0.05) is 32.0 Å². The normalized spacial score (nSPS) is 15.5. The van der Waals surface area contributed by atoms with Crippen LogP contribution in [0.3, 0.4) is 0 Å². The minimum Gasteiger partial charge on any atom is -0.378 e. The molecule has 1 aliphatic rings. The maximum atomic E-state index is 4.99. The predicted octanol–water partition coefficient (Wildman–Crippen LogP) is 4.52. The summed E-state index contributed by atoms with van der Waals surface area (Å²) in [4.78, 5) is 6.68. The van der Waals surface area contributed by atoms with E-state index in [0.29, 0.717) is 5.41 Å². The van der Waals surface area contributed by atoms with Crippen LogP contribution < -0.4 is 4.90 Å². The fraction of sp³-hybridized carbons (Fsp3) is 0.364. The Morgan fingerprint density at radius 1 is 1.04 bits per heavy atom. The average molecular weight is 346 g/mol. The van der Waals surface area contributed by atoms with Crippen LogP contribution in [0.2, 0.25) is 0 Å². The molecule has 0 unspecified atom stereocenters. The summed E-state index contributed by atoms with van der Waals surface area (Å²) in [6.45, 7) is 4.67. The van der Waals surface area contributed by atoms with Crippen LogP contribution in [0, 0.1) is 5.41 Å². The van der Waals surface area contributed by atoms with Gasteiger partial charge in [0.05, 0.1) is 11.4 Å². The third-order valence-corrected chi connectivity index (χ3v) is 5.29. The summed E-state index contributed by atoms with van der Waals surface area (Å²) in [5.74, 6) is 0.881. The van der Waals surface area contributed by atoms with Crippen LogP contribution in [0.5, 0.6) is 0 Å². The minimum absolute atomic E-state index is 0.308. The number of anilines is 1. The van der Waals surface area contributed by atoms with Gasteiger partial charge in [0, 0.05) is 37.1 Å². The monoisotopic (exact) mass is 346 g/mol. The van der Waals surface area contributed by atoms with Gasteiger partial charge in [0.25, 0.3) is 0 Å². The molecule has 0 aliphatic heterocycles. The summed E-state index contributed by atoms with van der Waals surface area (Å²) in [5, 5.41) is 4.99. The number of benzene rings is 1. The largest absolute Gasteiger partial charge is 0.378 e. The zero-order valence-electron chi connectivity index (χ0n) is 16.0. The zero-order chi connectivity index (χ0) is 18.3. The van der Waals surface area contributed by atoms with Crippen molar-refractivity contribution < 1.29 is 0 Å². The molecule has 0 saturated heterocycles. The number of hydrogen-bond donors (Lipinski definition) is 0. The highest BCUT2D eigenvalue weighted by Crippen LogP contribution is 2.39. The molecule has 1 aliphatic carbocycles. The van der Waals surface area contributed by atoms with Crippen molar-refractivity contribution >= 4 is 5.69 Å². The Balaban J connectivity index is 1.88. The van der Waals surface area contributed by atoms with Gasteiger partial charge >= 0.3 is 0 Å². The molecule has 0 bridgehead atoms. The maximum Gasteiger partial charge on any atom is 0.153 e. The molecule has 2 heterocycles. The zero-order valence-corrected chi connectivity index (χ0v) is 16.0. The number of aromatic nitrogens is 3. The lowest BCUT2D eigenvalue weighted by atomic mass is 9.76. The first-order chi connectivity index (χ1) is 12.4. The Morgan fingerprint density at radius 2 is 1.81 bits per heavy atom. The summed E-state index contributed by atoms with van der Waals surface area (Å²) in [7, 11) is 4.13. The third kappa shape index (κ3) is 3.00. The molecule has 0 fully saturated rings. The number of rotatable bonds is 3. The van der Waals surface area contributed by atoms with Gasteiger partial charge in [-0.2, -0.15) is 5.10 Å². The van der Waals surface area contributed by atoms with E-state index in [2.05, 4.69) is 62.1 Å². The molecular weight excluding hydrogens is 320 g/mol. The first kappa shape index (κ1) is 16.8. The lowest BCUT2D eigenvalue weighted by molar-refractivity contribution is 0.312. The van der Waals surface area contributed by atoms with Gasteiger partial charge in [-0.05, 0) is 48.9 Å². The minimum atomic E-state index is 0.308. The molecule has 3 aromatic rings. The van der Waals surface area contributed by atoms with Gasteiger partial charge in [-0.25, -0.2) is 9.67 Å². The van der Waals surface area contributed by atoms with Crippen molar-refractivity contribution in [3.05, 3.63) is 59.9 Å². The van der Waals surface area contributed by atoms with E-state index in [0.717, 1.165) is 18.7 Å². The topological polar surface area (TPSA) is 34.0 Å². The second-order valence-electron chi connectivity index (χ2n) is 8.16. The number of hydrogen-bond acceptors (Lipinski definition) is 3. The first-order valence-corrected chi connectivity index (χ1v) is 9.24. The quantitative estimate of drug-likeness (QED) is 0.699. The molecule has 2 aromatic heterocycles. The van der Waals surface area contributed by atoms with Crippen molar-refractivity contribution in [3.63, 3.8) is 0 Å². The SMILES string of the molecule is CN(C)c1ccc(-c2c3c(nn2-c2ccccn2)CC(C)(C)CC3)cc1. The molecule has 1 aromatic carbocycles. The molecule has 0 atom stereocenters. The molecule has 0 amide bonds. The Morgan fingerprint density at radius 3 is 2.46 bits per heavy atom. The van der Waals surface area contributed by atoms with E-state index in [9.17, 15) is 0 Å². The second-order valence-corrected chi connectivity index (χ2v) is 8.16. The molecule has 0 N–H and O–H groups in total. The molecule has 0 saturated carbocycles. The van der Waals surface area contributed by atoms with Gasteiger partial charge in [0.1, 0.15) is 0 Å². The summed E-state index contributed by atoms with van der Waals surface area (Å²) in [6, 6.07) is 14.7. The van der Waals surface area contributed by atoms with E-state index < -0.39 is 0 Å². The van der Waals surface area contributed by atoms with Crippen LogP contribution in [0.4, 0.5) is 5.69 Å². The lowest BCUT2D eigenvalue weighted by Crippen LogP contribution is -2.21. The number of fused-ring (bicyclic) bond motifs is 1. The highest BCUT2D eigenvalue weighted by Gasteiger charge is 2.31. The summed E-state index contributed by atoms with van der Waals surface area (Å²) >= 11 is 0. The molecule has 0 radical (unpaired) electrons. The summed E-state index contributed by atoms with van der Waals surface area (Å²) in [6.07, 6.45) is 5.11. The average Bonchev–Trinajstić information content (AvgIpc) is 2.99. The van der Waals surface area contributed by atoms with E-state index in [-0.39, 0.29) is 0 Å². The van der Waals surface area contributed by atoms with Crippen LogP contribution in [0.1, 0.15) is 31.5 Å². The lowest BCUT2D eigenvalue weighted by Gasteiger charge is -2.28. The number of pyridine rings is 1. The highest BCUT2D eigenvalue weighted by molar-refractivity contribution is 5.69. The van der Waals surface area contributed by atoms with Crippen molar-refractivity contribution in [2.75, 3.05) is 19.0 Å². The van der Waals surface area contributed by atoms with E-state index in [1.165, 1.54) is 34.6 Å². The highest BCUT2D eigenvalue weighted by atomic mass is 15.3. The molecule has 26 heavy (non-hydrogen) atoms. The van der Waals surface area contributed by atoms with E-state index in [1.807, 2.05) is 29.1 Å². The van der Waals surface area contributed by atoms with E-state index >= 15 is 0 Å². The van der Waals surface area contributed by atoms with Crippen molar-refractivity contribution in [2.45, 2.75) is 33.1 Å². The van der Waals surface area contributed by atoms with Crippen molar-refractivity contribution in [3.8, 4) is 17.1 Å². The molecule has 0 spiro atoms. The van der Waals surface area contributed by atoms with Crippen LogP contribution in [-0.2, 0) is 12.8 Å². The fourth-order valence-corrected chi connectivity index (χ4v) is 3.76. The van der Waals surface area contributed by atoms with Gasteiger partial charge in [-0.3, -0.25) is 0 Å². The van der Waals surface area contributed by atoms with Crippen molar-refractivity contribution in [2.24, 2.45) is 5.41 Å². The standard InChI is InChI=1S/C22H26N4/c1-22(2)13-12-18-19(15-22)24-26(20-7-5-6-14-23-20)21(18)16-8-10-17(11-9-16)25(3)4/h5-11,14H,12-13,15H2,1-4H3. The van der Waals surface area contributed by atoms with Crippen LogP contribution in [0.25, 0.3) is 17.1 Å². The van der Waals surface area contributed by atoms with E-state index in [4.69, 9.17) is 5.10 Å². The third-order valence-electron chi connectivity index (χ3n) is 5.29. The van der Waals surface area contributed by atoms with Gasteiger partial charge in [0.2, 0.25) is 0 Å². The van der Waals surface area contributed by atoms with Crippen molar-refractivity contribution in [1.82, 2.24) is 14.8 Å². The molecular formula is C22H26N4. The van der Waals surface area contributed by atoms with Gasteiger partial charge in [-0.15, -0.1) is 0 Å². The fourth-order valence-electron chi connectivity index (χ4n) is 3.76. The Kier molecular flexibility index (Phi) is 4.06. The Bertz CT molecular complexity index is 905. The first-order valence-electron chi connectivity index (χ1n) is 9.24. The molecule has 4 rings (SSSR count). The van der Waals surface area contributed by atoms with Crippen molar-refractivity contribution in [1.29, 1.82) is 0 Å². The molecule has 4 nitrogen and oxygen atoms in total. The maximum absolute atomic E-state index is 4.99.